The van der Waals surface area contributed by atoms with Crippen LogP contribution in [0.4, 0.5) is 0 Å². The van der Waals surface area contributed by atoms with Gasteiger partial charge in [-0.1, -0.05) is 48.5 Å². The van der Waals surface area contributed by atoms with Crippen LogP contribution >= 0.6 is 0 Å². The third-order valence-corrected chi connectivity index (χ3v) is 6.70. The first-order chi connectivity index (χ1) is 17.1. The normalized spacial score (nSPS) is 12.4. The van der Waals surface area contributed by atoms with Crippen molar-refractivity contribution in [3.63, 3.8) is 0 Å². The van der Waals surface area contributed by atoms with Gasteiger partial charge in [-0.05, 0) is 75.1 Å². The number of nitrogens with zero attached hydrogens (tertiary/aromatic N) is 1. The number of aryl methyl sites for hydroxylation is 1. The van der Waals surface area contributed by atoms with Crippen LogP contribution in [0.3, 0.4) is 0 Å². The number of aliphatic carboxylic acids is 1. The van der Waals surface area contributed by atoms with Gasteiger partial charge in [0.15, 0.2) is 5.60 Å². The molecule has 2 N–H and O–H groups in total. The molecule has 4 rings (SSSR count). The molecule has 4 aromatic rings. The summed E-state index contributed by atoms with van der Waals surface area (Å²) in [5.74, 6) is -0.611. The summed E-state index contributed by atoms with van der Waals surface area (Å²) in [5.41, 5.74) is 4.63. The SMILES string of the molecule is Cc1c(Cc2cccc(OC(C)(C)C(=O)O)c2)c2ccc(C(=O)N[C@@H](C)c3ccccc3)cc2n1C. The minimum atomic E-state index is -1.32. The number of carboxylic acid groups (broad SMARTS) is 1. The van der Waals surface area contributed by atoms with Gasteiger partial charge in [-0.3, -0.25) is 4.79 Å². The maximum absolute atomic E-state index is 13.0. The number of carbonyl (C=O) groups excluding carboxylic acids is 1. The number of benzene rings is 3. The van der Waals surface area contributed by atoms with Crippen LogP contribution in [0.5, 0.6) is 5.75 Å². The maximum atomic E-state index is 13.0. The van der Waals surface area contributed by atoms with Gasteiger partial charge in [0.25, 0.3) is 5.91 Å². The minimum absolute atomic E-state index is 0.0966. The lowest BCUT2D eigenvalue weighted by molar-refractivity contribution is -0.152. The zero-order valence-corrected chi connectivity index (χ0v) is 21.3. The van der Waals surface area contributed by atoms with E-state index in [0.717, 1.165) is 33.3 Å². The number of rotatable bonds is 8. The molecule has 1 aromatic heterocycles. The molecule has 0 bridgehead atoms. The minimum Gasteiger partial charge on any atom is -0.478 e. The molecule has 0 fully saturated rings. The fourth-order valence-corrected chi connectivity index (χ4v) is 4.37. The molecule has 0 saturated carbocycles. The summed E-state index contributed by atoms with van der Waals surface area (Å²) in [4.78, 5) is 24.4. The van der Waals surface area contributed by atoms with Crippen LogP contribution in [-0.4, -0.2) is 27.2 Å². The summed E-state index contributed by atoms with van der Waals surface area (Å²) >= 11 is 0. The number of nitrogens with one attached hydrogen (secondary N) is 1. The Kier molecular flexibility index (Phi) is 6.88. The van der Waals surface area contributed by atoms with E-state index in [9.17, 15) is 14.7 Å². The largest absolute Gasteiger partial charge is 0.478 e. The van der Waals surface area contributed by atoms with Gasteiger partial charge in [-0.25, -0.2) is 4.79 Å². The number of fused-ring (bicyclic) bond motifs is 1. The monoisotopic (exact) mass is 484 g/mol. The zero-order chi connectivity index (χ0) is 26.0. The van der Waals surface area contributed by atoms with E-state index < -0.39 is 11.6 Å². The Morgan fingerprint density at radius 1 is 1.03 bits per heavy atom. The predicted octanol–water partition coefficient (Wildman–Crippen LogP) is 5.81. The Bertz CT molecular complexity index is 1420. The maximum Gasteiger partial charge on any atom is 0.347 e. The molecule has 1 heterocycles. The molecule has 0 unspecified atom stereocenters. The summed E-state index contributed by atoms with van der Waals surface area (Å²) in [6.45, 7) is 7.11. The molecule has 0 aliphatic carbocycles. The molecule has 1 amide bonds. The van der Waals surface area contributed by atoms with Gasteiger partial charge in [0.05, 0.1) is 6.04 Å². The Hall–Kier alpha value is -4.06. The molecule has 0 saturated heterocycles. The molecule has 3 aromatic carbocycles. The smallest absolute Gasteiger partial charge is 0.347 e. The Morgan fingerprint density at radius 2 is 1.75 bits per heavy atom. The molecule has 0 aliphatic rings. The summed E-state index contributed by atoms with van der Waals surface area (Å²) in [6, 6.07) is 23.1. The highest BCUT2D eigenvalue weighted by atomic mass is 16.5. The van der Waals surface area contributed by atoms with E-state index in [1.54, 1.807) is 6.07 Å². The number of hydrogen-bond donors (Lipinski definition) is 2. The van der Waals surface area contributed by atoms with Gasteiger partial charge in [0.2, 0.25) is 0 Å². The van der Waals surface area contributed by atoms with E-state index >= 15 is 0 Å². The van der Waals surface area contributed by atoms with Crippen LogP contribution in [0.15, 0.2) is 72.8 Å². The average Bonchev–Trinajstić information content (AvgIpc) is 3.08. The first-order valence-electron chi connectivity index (χ1n) is 12.0. The Morgan fingerprint density at radius 3 is 2.44 bits per heavy atom. The molecule has 0 radical (unpaired) electrons. The fraction of sp³-hybridized carbons (Fsp3) is 0.267. The predicted molar refractivity (Wildman–Crippen MR) is 142 cm³/mol. The van der Waals surface area contributed by atoms with Crippen LogP contribution in [-0.2, 0) is 18.3 Å². The fourth-order valence-electron chi connectivity index (χ4n) is 4.37. The molecule has 186 valence electrons. The van der Waals surface area contributed by atoms with Crippen LogP contribution in [0, 0.1) is 6.92 Å². The molecule has 1 atom stereocenters. The van der Waals surface area contributed by atoms with Gasteiger partial charge < -0.3 is 19.7 Å². The Labute approximate surface area is 211 Å². The summed E-state index contributed by atoms with van der Waals surface area (Å²) < 4.78 is 7.83. The Balaban J connectivity index is 1.59. The molecular formula is C30H32N2O4. The van der Waals surface area contributed by atoms with Gasteiger partial charge in [0, 0.05) is 29.2 Å². The number of carboxylic acids is 1. The average molecular weight is 485 g/mol. The number of amides is 1. The highest BCUT2D eigenvalue weighted by Gasteiger charge is 2.29. The van der Waals surface area contributed by atoms with Crippen molar-refractivity contribution in [2.45, 2.75) is 45.8 Å². The third kappa shape index (κ3) is 5.13. The van der Waals surface area contributed by atoms with Crippen LogP contribution in [0.25, 0.3) is 10.9 Å². The molecule has 6 nitrogen and oxygen atoms in total. The lowest BCUT2D eigenvalue weighted by atomic mass is 10.0. The summed E-state index contributed by atoms with van der Waals surface area (Å²) in [7, 11) is 2.00. The molecular weight excluding hydrogens is 452 g/mol. The van der Waals surface area contributed by atoms with E-state index in [1.165, 1.54) is 13.8 Å². The lowest BCUT2D eigenvalue weighted by Crippen LogP contribution is -2.37. The quantitative estimate of drug-likeness (QED) is 0.331. The molecule has 0 spiro atoms. The van der Waals surface area contributed by atoms with Crippen LogP contribution in [0.2, 0.25) is 0 Å². The van der Waals surface area contributed by atoms with Crippen molar-refractivity contribution in [3.8, 4) is 5.75 Å². The van der Waals surface area contributed by atoms with Crippen molar-refractivity contribution in [1.29, 1.82) is 0 Å². The van der Waals surface area contributed by atoms with Crippen molar-refractivity contribution in [2.75, 3.05) is 0 Å². The van der Waals surface area contributed by atoms with E-state index in [1.807, 2.05) is 80.7 Å². The second-order valence-electron chi connectivity index (χ2n) is 9.70. The summed E-state index contributed by atoms with van der Waals surface area (Å²) in [5, 5.41) is 13.5. The topological polar surface area (TPSA) is 80.6 Å². The first-order valence-corrected chi connectivity index (χ1v) is 12.0. The number of carbonyl (C=O) groups is 2. The molecule has 0 aliphatic heterocycles. The zero-order valence-electron chi connectivity index (χ0n) is 21.3. The van der Waals surface area contributed by atoms with Crippen molar-refractivity contribution in [3.05, 3.63) is 101 Å². The van der Waals surface area contributed by atoms with Gasteiger partial charge in [-0.15, -0.1) is 0 Å². The summed E-state index contributed by atoms with van der Waals surface area (Å²) in [6.07, 6.45) is 0.657. The highest BCUT2D eigenvalue weighted by molar-refractivity contribution is 5.99. The van der Waals surface area contributed by atoms with Gasteiger partial charge >= 0.3 is 5.97 Å². The van der Waals surface area contributed by atoms with Crippen molar-refractivity contribution in [2.24, 2.45) is 7.05 Å². The second-order valence-corrected chi connectivity index (χ2v) is 9.70. The lowest BCUT2D eigenvalue weighted by Gasteiger charge is -2.21. The van der Waals surface area contributed by atoms with Crippen molar-refractivity contribution < 1.29 is 19.4 Å². The standard InChI is InChI=1S/C30H32N2O4/c1-19(22-11-7-6-8-12-22)31-28(33)23-14-15-25-26(20(2)32(5)27(25)18-23)17-21-10-9-13-24(16-21)36-30(3,4)29(34)35/h6-16,18-19H,17H2,1-5H3,(H,31,33)(H,34,35)/t19-/m0/s1. The molecule has 36 heavy (non-hydrogen) atoms. The van der Waals surface area contributed by atoms with Gasteiger partial charge in [-0.2, -0.15) is 0 Å². The number of hydrogen-bond acceptors (Lipinski definition) is 3. The van der Waals surface area contributed by atoms with E-state index in [4.69, 9.17) is 4.74 Å². The highest BCUT2D eigenvalue weighted by Crippen LogP contribution is 2.30. The van der Waals surface area contributed by atoms with Crippen molar-refractivity contribution >= 4 is 22.8 Å². The van der Waals surface area contributed by atoms with Gasteiger partial charge in [0.1, 0.15) is 5.75 Å². The van der Waals surface area contributed by atoms with Crippen molar-refractivity contribution in [1.82, 2.24) is 9.88 Å². The van der Waals surface area contributed by atoms with Crippen LogP contribution in [0.1, 0.15) is 59.6 Å². The van der Waals surface area contributed by atoms with E-state index in [-0.39, 0.29) is 11.9 Å². The number of ether oxygens (including phenoxy) is 1. The van der Waals surface area contributed by atoms with Crippen LogP contribution < -0.4 is 10.1 Å². The third-order valence-electron chi connectivity index (χ3n) is 6.70. The number of aromatic nitrogens is 1. The molecule has 6 heteroatoms. The first kappa shape index (κ1) is 25.0. The van der Waals surface area contributed by atoms with E-state index in [2.05, 4.69) is 16.8 Å². The second kappa shape index (κ2) is 9.90. The van der Waals surface area contributed by atoms with E-state index in [0.29, 0.717) is 17.7 Å².